The average molecular weight is 575 g/mol. The number of halogens is 4. The van der Waals surface area contributed by atoms with Crippen LogP contribution in [0.3, 0.4) is 0 Å². The number of benzene rings is 3. The van der Waals surface area contributed by atoms with E-state index in [1.165, 1.54) is 30.3 Å². The van der Waals surface area contributed by atoms with Crippen LogP contribution >= 0.6 is 0 Å². The first-order valence-corrected chi connectivity index (χ1v) is 13.3. The van der Waals surface area contributed by atoms with Crippen LogP contribution in [0.15, 0.2) is 66.7 Å². The van der Waals surface area contributed by atoms with Gasteiger partial charge in [0.1, 0.15) is 11.6 Å². The van der Waals surface area contributed by atoms with Crippen molar-refractivity contribution in [3.8, 4) is 17.2 Å². The zero-order valence-corrected chi connectivity index (χ0v) is 22.2. The number of fused-ring (bicyclic) bond motifs is 1. The monoisotopic (exact) mass is 574 g/mol. The summed E-state index contributed by atoms with van der Waals surface area (Å²) in [6.07, 6.45) is -3.83. The topological polar surface area (TPSA) is 69.3 Å². The van der Waals surface area contributed by atoms with E-state index in [4.69, 9.17) is 18.9 Å². The van der Waals surface area contributed by atoms with Gasteiger partial charge in [-0.05, 0) is 60.4 Å². The van der Waals surface area contributed by atoms with Gasteiger partial charge in [0.05, 0.1) is 11.7 Å². The molecule has 0 spiro atoms. The standard InChI is InChI=1S/C30H30F4N2O5/c31-23-6-2-7-24(14-23)41-28(29(37)35-15-20-4-1-5-22(12-20)30(32,33)34)18-36(17-25-8-3-11-38-25)16-21-9-10-26-27(13-21)40-19-39-26/h1-2,4-7,9-10,12-14,25,28H,3,8,11,15-19H2,(H,35,37). The lowest BCUT2D eigenvalue weighted by Gasteiger charge is -2.29. The molecule has 1 fully saturated rings. The van der Waals surface area contributed by atoms with Crippen molar-refractivity contribution in [1.29, 1.82) is 0 Å². The van der Waals surface area contributed by atoms with Crippen molar-refractivity contribution in [2.75, 3.05) is 26.5 Å². The van der Waals surface area contributed by atoms with Crippen LogP contribution in [0.4, 0.5) is 17.6 Å². The molecule has 11 heteroatoms. The van der Waals surface area contributed by atoms with Crippen molar-refractivity contribution in [2.24, 2.45) is 0 Å². The molecule has 2 atom stereocenters. The Balaban J connectivity index is 1.34. The molecule has 7 nitrogen and oxygen atoms in total. The zero-order chi connectivity index (χ0) is 28.8. The number of hydrogen-bond donors (Lipinski definition) is 1. The molecule has 3 aromatic carbocycles. The van der Waals surface area contributed by atoms with Gasteiger partial charge in [0.25, 0.3) is 5.91 Å². The van der Waals surface area contributed by atoms with Crippen LogP contribution in [-0.4, -0.2) is 49.5 Å². The predicted octanol–water partition coefficient (Wildman–Crippen LogP) is 5.32. The average Bonchev–Trinajstić information content (AvgIpc) is 3.63. The van der Waals surface area contributed by atoms with Crippen molar-refractivity contribution in [1.82, 2.24) is 10.2 Å². The lowest BCUT2D eigenvalue weighted by molar-refractivity contribution is -0.137. The number of carbonyl (C=O) groups is 1. The summed E-state index contributed by atoms with van der Waals surface area (Å²) < 4.78 is 76.2. The molecule has 218 valence electrons. The summed E-state index contributed by atoms with van der Waals surface area (Å²) in [5, 5.41) is 2.69. The van der Waals surface area contributed by atoms with Crippen molar-refractivity contribution >= 4 is 5.91 Å². The molecule has 0 aliphatic carbocycles. The Morgan fingerprint density at radius 2 is 1.85 bits per heavy atom. The summed E-state index contributed by atoms with van der Waals surface area (Å²) >= 11 is 0. The van der Waals surface area contributed by atoms with E-state index in [0.29, 0.717) is 31.2 Å². The largest absolute Gasteiger partial charge is 0.479 e. The van der Waals surface area contributed by atoms with E-state index >= 15 is 0 Å². The molecule has 1 amide bonds. The molecule has 0 bridgehead atoms. The highest BCUT2D eigenvalue weighted by Crippen LogP contribution is 2.33. The van der Waals surface area contributed by atoms with Gasteiger partial charge in [0.2, 0.25) is 6.79 Å². The summed E-state index contributed by atoms with van der Waals surface area (Å²) in [7, 11) is 0. The molecule has 1 N–H and O–H groups in total. The van der Waals surface area contributed by atoms with E-state index in [9.17, 15) is 22.4 Å². The predicted molar refractivity (Wildman–Crippen MR) is 141 cm³/mol. The minimum Gasteiger partial charge on any atom is -0.479 e. The highest BCUT2D eigenvalue weighted by molar-refractivity contribution is 5.81. The van der Waals surface area contributed by atoms with Crippen LogP contribution in [0, 0.1) is 5.82 Å². The van der Waals surface area contributed by atoms with E-state index in [-0.39, 0.29) is 37.3 Å². The molecule has 2 aliphatic heterocycles. The number of ether oxygens (including phenoxy) is 4. The molecule has 2 unspecified atom stereocenters. The summed E-state index contributed by atoms with van der Waals surface area (Å²) in [4.78, 5) is 15.4. The van der Waals surface area contributed by atoms with Crippen LogP contribution in [0.1, 0.15) is 29.5 Å². The van der Waals surface area contributed by atoms with Gasteiger partial charge in [0, 0.05) is 38.9 Å². The second-order valence-corrected chi connectivity index (χ2v) is 10.00. The third-order valence-corrected chi connectivity index (χ3v) is 6.84. The minimum absolute atomic E-state index is 0.0352. The number of nitrogens with one attached hydrogen (secondary N) is 1. The highest BCUT2D eigenvalue weighted by atomic mass is 19.4. The number of nitrogens with zero attached hydrogens (tertiary/aromatic N) is 1. The Labute approximate surface area is 235 Å². The molecular formula is C30H30F4N2O5. The van der Waals surface area contributed by atoms with Gasteiger partial charge in [-0.2, -0.15) is 13.2 Å². The number of amides is 1. The number of alkyl halides is 3. The Bertz CT molecular complexity index is 1350. The first-order chi connectivity index (χ1) is 19.7. The number of hydrogen-bond acceptors (Lipinski definition) is 6. The van der Waals surface area contributed by atoms with Gasteiger partial charge in [-0.15, -0.1) is 0 Å². The van der Waals surface area contributed by atoms with Gasteiger partial charge in [-0.1, -0.05) is 24.3 Å². The quantitative estimate of drug-likeness (QED) is 0.313. The zero-order valence-electron chi connectivity index (χ0n) is 22.2. The molecule has 2 heterocycles. The van der Waals surface area contributed by atoms with Crippen molar-refractivity contribution in [3.05, 3.63) is 89.2 Å². The molecule has 1 saturated heterocycles. The van der Waals surface area contributed by atoms with E-state index in [1.807, 2.05) is 23.1 Å². The summed E-state index contributed by atoms with van der Waals surface area (Å²) in [5.74, 6) is 0.368. The third kappa shape index (κ3) is 7.89. The fraction of sp³-hybridized carbons (Fsp3) is 0.367. The van der Waals surface area contributed by atoms with Crippen LogP contribution in [-0.2, 0) is 28.8 Å². The van der Waals surface area contributed by atoms with Gasteiger partial charge in [-0.3, -0.25) is 9.69 Å². The molecule has 41 heavy (non-hydrogen) atoms. The number of carbonyl (C=O) groups excluding carboxylic acids is 1. The molecule has 0 radical (unpaired) electrons. The fourth-order valence-corrected chi connectivity index (χ4v) is 4.85. The van der Waals surface area contributed by atoms with Crippen LogP contribution in [0.5, 0.6) is 17.2 Å². The SMILES string of the molecule is O=C(NCc1cccc(C(F)(F)F)c1)C(CN(Cc1ccc2c(c1)OCO2)CC1CCCO1)Oc1cccc(F)c1. The van der Waals surface area contributed by atoms with Crippen molar-refractivity contribution in [2.45, 2.75) is 44.3 Å². The smallest absolute Gasteiger partial charge is 0.416 e. The fourth-order valence-electron chi connectivity index (χ4n) is 4.85. The maximum absolute atomic E-state index is 13.9. The van der Waals surface area contributed by atoms with Gasteiger partial charge < -0.3 is 24.3 Å². The Hall–Kier alpha value is -3.83. The lowest BCUT2D eigenvalue weighted by atomic mass is 10.1. The Morgan fingerprint density at radius 1 is 1.02 bits per heavy atom. The van der Waals surface area contributed by atoms with Crippen LogP contribution in [0.2, 0.25) is 0 Å². The molecule has 0 aromatic heterocycles. The molecule has 2 aliphatic rings. The second kappa shape index (κ2) is 12.8. The van der Waals surface area contributed by atoms with E-state index in [1.54, 1.807) is 6.07 Å². The van der Waals surface area contributed by atoms with Gasteiger partial charge in [0.15, 0.2) is 17.6 Å². The maximum Gasteiger partial charge on any atom is 0.416 e. The summed E-state index contributed by atoms with van der Waals surface area (Å²) in [5.41, 5.74) is 0.402. The minimum atomic E-state index is -4.50. The van der Waals surface area contributed by atoms with Crippen LogP contribution < -0.4 is 19.5 Å². The first kappa shape index (κ1) is 28.7. The second-order valence-electron chi connectivity index (χ2n) is 10.00. The van der Waals surface area contributed by atoms with Gasteiger partial charge in [-0.25, -0.2) is 4.39 Å². The third-order valence-electron chi connectivity index (χ3n) is 6.84. The van der Waals surface area contributed by atoms with Crippen molar-refractivity contribution < 1.29 is 41.3 Å². The summed E-state index contributed by atoms with van der Waals surface area (Å²) in [6, 6.07) is 15.8. The maximum atomic E-state index is 13.9. The van der Waals surface area contributed by atoms with E-state index < -0.39 is 29.6 Å². The number of rotatable bonds is 11. The van der Waals surface area contributed by atoms with Gasteiger partial charge >= 0.3 is 6.18 Å². The lowest BCUT2D eigenvalue weighted by Crippen LogP contribution is -2.47. The molecule has 5 rings (SSSR count). The van der Waals surface area contributed by atoms with Crippen molar-refractivity contribution in [3.63, 3.8) is 0 Å². The Kier molecular flexibility index (Phi) is 8.94. The normalized spacial score (nSPS) is 17.0. The van der Waals surface area contributed by atoms with Crippen LogP contribution in [0.25, 0.3) is 0 Å². The highest BCUT2D eigenvalue weighted by Gasteiger charge is 2.31. The first-order valence-electron chi connectivity index (χ1n) is 13.3. The molecule has 0 saturated carbocycles. The molecule has 3 aromatic rings. The summed E-state index contributed by atoms with van der Waals surface area (Å²) in [6.45, 7) is 1.72. The Morgan fingerprint density at radius 3 is 2.63 bits per heavy atom. The molecular weight excluding hydrogens is 544 g/mol. The van der Waals surface area contributed by atoms with E-state index in [2.05, 4.69) is 5.32 Å². The van der Waals surface area contributed by atoms with E-state index in [0.717, 1.165) is 30.5 Å².